The van der Waals surface area contributed by atoms with Crippen LogP contribution in [-0.4, -0.2) is 18.9 Å². The van der Waals surface area contributed by atoms with E-state index in [1.54, 1.807) is 67.8 Å². The molecular weight excluding hydrogens is 364 g/mol. The molecule has 0 bridgehead atoms. The minimum absolute atomic E-state index is 0.0956. The molecule has 0 radical (unpaired) electrons. The Morgan fingerprint density at radius 1 is 0.690 bits per heavy atom. The van der Waals surface area contributed by atoms with Gasteiger partial charge in [0, 0.05) is 16.5 Å². The molecule has 0 amide bonds. The Morgan fingerprint density at radius 3 is 2.00 bits per heavy atom. The molecule has 0 N–H and O–H groups in total. The minimum Gasteiger partial charge on any atom is -0.497 e. The lowest BCUT2D eigenvalue weighted by Crippen LogP contribution is -2.09. The number of ether oxygens (including phenoxy) is 2. The SMILES string of the molecule is COc1ccc2c(C(=O)c3ccccc3)ccc(OC(=O)c3ccccc3)c2c1. The van der Waals surface area contributed by atoms with Crippen molar-refractivity contribution in [1.82, 2.24) is 0 Å². The van der Waals surface area contributed by atoms with Crippen LogP contribution in [0.4, 0.5) is 0 Å². The third-order valence-electron chi connectivity index (χ3n) is 4.68. The number of fused-ring (bicyclic) bond motifs is 1. The topological polar surface area (TPSA) is 52.6 Å². The van der Waals surface area contributed by atoms with E-state index in [9.17, 15) is 9.59 Å². The van der Waals surface area contributed by atoms with E-state index >= 15 is 0 Å². The van der Waals surface area contributed by atoms with Crippen molar-refractivity contribution in [3.63, 3.8) is 0 Å². The van der Waals surface area contributed by atoms with Crippen molar-refractivity contribution < 1.29 is 19.1 Å². The molecule has 0 fully saturated rings. The van der Waals surface area contributed by atoms with Crippen LogP contribution in [-0.2, 0) is 0 Å². The summed E-state index contributed by atoms with van der Waals surface area (Å²) in [7, 11) is 1.57. The molecule has 0 spiro atoms. The van der Waals surface area contributed by atoms with Crippen molar-refractivity contribution in [2.45, 2.75) is 0 Å². The van der Waals surface area contributed by atoms with Gasteiger partial charge < -0.3 is 9.47 Å². The fraction of sp³-hybridized carbons (Fsp3) is 0.0400. The Labute approximate surface area is 168 Å². The van der Waals surface area contributed by atoms with Crippen molar-refractivity contribution in [3.8, 4) is 11.5 Å². The molecule has 0 saturated carbocycles. The van der Waals surface area contributed by atoms with Gasteiger partial charge in [0.15, 0.2) is 5.78 Å². The summed E-state index contributed by atoms with van der Waals surface area (Å²) >= 11 is 0. The highest BCUT2D eigenvalue weighted by molar-refractivity contribution is 6.17. The maximum absolute atomic E-state index is 13.0. The first-order chi connectivity index (χ1) is 14.2. The molecule has 142 valence electrons. The Bertz CT molecular complexity index is 1180. The number of esters is 1. The lowest BCUT2D eigenvalue weighted by molar-refractivity contribution is 0.0737. The van der Waals surface area contributed by atoms with Gasteiger partial charge in [0.25, 0.3) is 0 Å². The molecule has 4 aromatic carbocycles. The van der Waals surface area contributed by atoms with E-state index in [-0.39, 0.29) is 5.78 Å². The molecule has 4 rings (SSSR count). The van der Waals surface area contributed by atoms with E-state index < -0.39 is 5.97 Å². The molecule has 4 nitrogen and oxygen atoms in total. The second-order valence-electron chi connectivity index (χ2n) is 6.47. The highest BCUT2D eigenvalue weighted by atomic mass is 16.5. The summed E-state index contributed by atoms with van der Waals surface area (Å²) in [6, 6.07) is 26.6. The fourth-order valence-electron chi connectivity index (χ4n) is 3.19. The number of methoxy groups -OCH3 is 1. The van der Waals surface area contributed by atoms with Crippen molar-refractivity contribution in [2.75, 3.05) is 7.11 Å². The van der Waals surface area contributed by atoms with E-state index in [1.165, 1.54) is 0 Å². The molecule has 29 heavy (non-hydrogen) atoms. The number of rotatable bonds is 5. The van der Waals surface area contributed by atoms with Crippen LogP contribution in [0.25, 0.3) is 10.8 Å². The zero-order chi connectivity index (χ0) is 20.2. The van der Waals surface area contributed by atoms with Crippen LogP contribution in [0.1, 0.15) is 26.3 Å². The second kappa shape index (κ2) is 7.98. The van der Waals surface area contributed by atoms with E-state index in [1.807, 2.05) is 30.3 Å². The van der Waals surface area contributed by atoms with Crippen molar-refractivity contribution in [3.05, 3.63) is 108 Å². The van der Waals surface area contributed by atoms with E-state index in [2.05, 4.69) is 0 Å². The molecule has 0 heterocycles. The number of carbonyl (C=O) groups is 2. The normalized spacial score (nSPS) is 10.5. The number of carbonyl (C=O) groups excluding carboxylic acids is 2. The van der Waals surface area contributed by atoms with Crippen LogP contribution in [0, 0.1) is 0 Å². The van der Waals surface area contributed by atoms with Gasteiger partial charge in [0.05, 0.1) is 12.7 Å². The molecule has 4 heteroatoms. The third kappa shape index (κ3) is 3.73. The van der Waals surface area contributed by atoms with E-state index in [4.69, 9.17) is 9.47 Å². The first-order valence-electron chi connectivity index (χ1n) is 9.15. The summed E-state index contributed by atoms with van der Waals surface area (Å²) in [6.45, 7) is 0. The average molecular weight is 382 g/mol. The third-order valence-corrected chi connectivity index (χ3v) is 4.68. The lowest BCUT2D eigenvalue weighted by atomic mass is 9.96. The van der Waals surface area contributed by atoms with Crippen LogP contribution in [0.5, 0.6) is 11.5 Å². The van der Waals surface area contributed by atoms with Gasteiger partial charge >= 0.3 is 5.97 Å². The molecule has 0 aromatic heterocycles. The van der Waals surface area contributed by atoms with Crippen LogP contribution in [0.2, 0.25) is 0 Å². The Morgan fingerprint density at radius 2 is 1.34 bits per heavy atom. The Kier molecular flexibility index (Phi) is 5.08. The summed E-state index contributed by atoms with van der Waals surface area (Å²) in [6.07, 6.45) is 0. The molecule has 0 aliphatic heterocycles. The smallest absolute Gasteiger partial charge is 0.343 e. The van der Waals surface area contributed by atoms with Gasteiger partial charge in [-0.2, -0.15) is 0 Å². The van der Waals surface area contributed by atoms with Crippen LogP contribution in [0.3, 0.4) is 0 Å². The van der Waals surface area contributed by atoms with E-state index in [0.29, 0.717) is 39.0 Å². The summed E-state index contributed by atoms with van der Waals surface area (Å²) < 4.78 is 11.0. The van der Waals surface area contributed by atoms with Gasteiger partial charge in [-0.15, -0.1) is 0 Å². The average Bonchev–Trinajstić information content (AvgIpc) is 2.79. The summed E-state index contributed by atoms with van der Waals surface area (Å²) in [5.41, 5.74) is 1.58. The fourth-order valence-corrected chi connectivity index (χ4v) is 3.19. The molecule has 0 atom stereocenters. The minimum atomic E-state index is -0.461. The molecule has 0 aliphatic rings. The molecule has 0 saturated heterocycles. The standard InChI is InChI=1S/C25H18O4/c1-28-19-12-13-20-21(24(26)17-8-4-2-5-9-17)14-15-23(22(20)16-19)29-25(27)18-10-6-3-7-11-18/h2-16H,1H3. The van der Waals surface area contributed by atoms with Crippen molar-refractivity contribution in [2.24, 2.45) is 0 Å². The van der Waals surface area contributed by atoms with Gasteiger partial charge in [-0.25, -0.2) is 4.79 Å². The first-order valence-corrected chi connectivity index (χ1v) is 9.15. The molecule has 0 unspecified atom stereocenters. The highest BCUT2D eigenvalue weighted by Crippen LogP contribution is 2.33. The Hall–Kier alpha value is -3.92. The van der Waals surface area contributed by atoms with Crippen LogP contribution < -0.4 is 9.47 Å². The number of ketones is 1. The molecule has 0 aliphatic carbocycles. The predicted octanol–water partition coefficient (Wildman–Crippen LogP) is 5.30. The second-order valence-corrected chi connectivity index (χ2v) is 6.47. The Balaban J connectivity index is 1.80. The van der Waals surface area contributed by atoms with E-state index in [0.717, 1.165) is 0 Å². The predicted molar refractivity (Wildman–Crippen MR) is 112 cm³/mol. The van der Waals surface area contributed by atoms with Crippen molar-refractivity contribution >= 4 is 22.5 Å². The maximum atomic E-state index is 13.0. The summed E-state index contributed by atoms with van der Waals surface area (Å²) in [5, 5.41) is 1.33. The zero-order valence-corrected chi connectivity index (χ0v) is 15.8. The number of hydrogen-bond donors (Lipinski definition) is 0. The van der Waals surface area contributed by atoms with Gasteiger partial charge in [0.2, 0.25) is 0 Å². The lowest BCUT2D eigenvalue weighted by Gasteiger charge is -2.12. The largest absolute Gasteiger partial charge is 0.497 e. The monoisotopic (exact) mass is 382 g/mol. The van der Waals surface area contributed by atoms with Crippen LogP contribution in [0.15, 0.2) is 91.0 Å². The van der Waals surface area contributed by atoms with Crippen LogP contribution >= 0.6 is 0 Å². The first kappa shape index (κ1) is 18.4. The number of benzene rings is 4. The number of hydrogen-bond acceptors (Lipinski definition) is 4. The summed E-state index contributed by atoms with van der Waals surface area (Å²) in [5.74, 6) is 0.426. The maximum Gasteiger partial charge on any atom is 0.343 e. The zero-order valence-electron chi connectivity index (χ0n) is 15.8. The summed E-state index contributed by atoms with van der Waals surface area (Å²) in [4.78, 5) is 25.6. The van der Waals surface area contributed by atoms with Gasteiger partial charge in [-0.3, -0.25) is 4.79 Å². The van der Waals surface area contributed by atoms with Gasteiger partial charge in [-0.05, 0) is 47.9 Å². The van der Waals surface area contributed by atoms with Gasteiger partial charge in [-0.1, -0.05) is 48.5 Å². The molecule has 4 aromatic rings. The van der Waals surface area contributed by atoms with Crippen molar-refractivity contribution in [1.29, 1.82) is 0 Å². The molecular formula is C25H18O4. The van der Waals surface area contributed by atoms with Gasteiger partial charge in [0.1, 0.15) is 11.5 Å². The quantitative estimate of drug-likeness (QED) is 0.267. The highest BCUT2D eigenvalue weighted by Gasteiger charge is 2.17.